The minimum atomic E-state index is -2.47. The number of aliphatic hydroxyl groups excluding tert-OH is 6. The molecule has 2 aliphatic rings. The first-order valence-corrected chi connectivity index (χ1v) is 12.5. The molecule has 0 radical (unpaired) electrons. The molecule has 0 amide bonds. The Kier molecular flexibility index (Phi) is 7.50. The standard InChI is InChI=1S/C27H30O13/c1-11-21(31)23(33)25(35)27(39-11,26-24(34)22(32)17(30)10-37-26)40-14-7-15(28)20-16(29)9-18(38-19(20)8-14)12-3-5-13(36-2)6-4-12/h3-9,11,17,21-26,28,30-35H,10H2,1-2H3. The van der Waals surface area contributed by atoms with Gasteiger partial charge >= 0.3 is 0 Å². The second-order valence-corrected chi connectivity index (χ2v) is 9.89. The Labute approximate surface area is 227 Å². The molecule has 2 aliphatic heterocycles. The van der Waals surface area contributed by atoms with Gasteiger partial charge in [-0.05, 0) is 31.2 Å². The van der Waals surface area contributed by atoms with E-state index in [1.54, 1.807) is 24.3 Å². The highest BCUT2D eigenvalue weighted by Gasteiger charge is 2.63. The summed E-state index contributed by atoms with van der Waals surface area (Å²) >= 11 is 0. The molecule has 216 valence electrons. The van der Waals surface area contributed by atoms with Gasteiger partial charge in [0.25, 0.3) is 5.79 Å². The largest absolute Gasteiger partial charge is 0.507 e. The van der Waals surface area contributed by atoms with E-state index in [0.717, 1.165) is 6.07 Å². The first-order chi connectivity index (χ1) is 19.0. The first-order valence-electron chi connectivity index (χ1n) is 12.5. The number of hydrogen-bond acceptors (Lipinski definition) is 13. The zero-order valence-electron chi connectivity index (χ0n) is 21.4. The van der Waals surface area contributed by atoms with Gasteiger partial charge in [0, 0.05) is 23.8 Å². The van der Waals surface area contributed by atoms with E-state index < -0.39 is 72.4 Å². The topological polar surface area (TPSA) is 209 Å². The third-order valence-electron chi connectivity index (χ3n) is 7.27. The molecule has 13 nitrogen and oxygen atoms in total. The monoisotopic (exact) mass is 562 g/mol. The number of hydrogen-bond donors (Lipinski definition) is 7. The number of benzene rings is 2. The molecule has 2 fully saturated rings. The lowest BCUT2D eigenvalue weighted by atomic mass is 9.84. The molecule has 7 N–H and O–H groups in total. The fourth-order valence-corrected chi connectivity index (χ4v) is 5.05. The summed E-state index contributed by atoms with van der Waals surface area (Å²) < 4.78 is 28.4. The van der Waals surface area contributed by atoms with Crippen molar-refractivity contribution in [3.8, 4) is 28.6 Å². The lowest BCUT2D eigenvalue weighted by Crippen LogP contribution is -2.75. The summed E-state index contributed by atoms with van der Waals surface area (Å²) in [6.07, 6.45) is -13.4. The minimum Gasteiger partial charge on any atom is -0.507 e. The van der Waals surface area contributed by atoms with Gasteiger partial charge in [0.15, 0.2) is 17.6 Å². The van der Waals surface area contributed by atoms with Crippen molar-refractivity contribution in [3.05, 3.63) is 52.7 Å². The van der Waals surface area contributed by atoms with Crippen molar-refractivity contribution in [1.29, 1.82) is 0 Å². The molecular weight excluding hydrogens is 532 g/mol. The fourth-order valence-electron chi connectivity index (χ4n) is 5.05. The summed E-state index contributed by atoms with van der Waals surface area (Å²) in [5.74, 6) is -2.51. The first kappa shape index (κ1) is 28.3. The molecule has 40 heavy (non-hydrogen) atoms. The summed E-state index contributed by atoms with van der Waals surface area (Å²) in [4.78, 5) is 12.9. The van der Waals surface area contributed by atoms with E-state index in [4.69, 9.17) is 23.4 Å². The predicted molar refractivity (Wildman–Crippen MR) is 136 cm³/mol. The molecular formula is C27H30O13. The van der Waals surface area contributed by atoms with Crippen molar-refractivity contribution in [2.45, 2.75) is 61.5 Å². The highest BCUT2D eigenvalue weighted by Crippen LogP contribution is 2.41. The molecule has 0 bridgehead atoms. The molecule has 0 aliphatic carbocycles. The number of phenols is 1. The highest BCUT2D eigenvalue weighted by atomic mass is 16.7. The van der Waals surface area contributed by atoms with Crippen molar-refractivity contribution in [2.75, 3.05) is 13.7 Å². The van der Waals surface area contributed by atoms with Crippen LogP contribution in [0.2, 0.25) is 0 Å². The summed E-state index contributed by atoms with van der Waals surface area (Å²) in [7, 11) is 1.51. The van der Waals surface area contributed by atoms with E-state index in [1.165, 1.54) is 26.2 Å². The number of rotatable bonds is 5. The van der Waals surface area contributed by atoms with Crippen molar-refractivity contribution >= 4 is 11.0 Å². The Morgan fingerprint density at radius 1 is 0.900 bits per heavy atom. The predicted octanol–water partition coefficient (Wildman–Crippen LogP) is -0.768. The summed E-state index contributed by atoms with van der Waals surface area (Å²) in [5, 5.41) is 73.5. The van der Waals surface area contributed by atoms with Gasteiger partial charge in [-0.15, -0.1) is 0 Å². The van der Waals surface area contributed by atoms with E-state index in [-0.39, 0.29) is 22.5 Å². The maximum atomic E-state index is 12.9. The SMILES string of the molecule is COc1ccc(-c2cc(=O)c3c(O)cc(OC4(C5OCC(O)C(O)C5O)OC(C)C(O)C(O)C4O)cc3o2)cc1. The molecule has 0 saturated carbocycles. The zero-order valence-corrected chi connectivity index (χ0v) is 21.4. The number of methoxy groups -OCH3 is 1. The number of aliphatic hydroxyl groups is 6. The van der Waals surface area contributed by atoms with Crippen LogP contribution in [0.3, 0.4) is 0 Å². The Bertz CT molecular complexity index is 1420. The van der Waals surface area contributed by atoms with Gasteiger partial charge < -0.3 is 59.1 Å². The van der Waals surface area contributed by atoms with Crippen LogP contribution in [0.1, 0.15) is 6.92 Å². The quantitative estimate of drug-likeness (QED) is 0.204. The van der Waals surface area contributed by atoms with Crippen LogP contribution in [0.25, 0.3) is 22.3 Å². The van der Waals surface area contributed by atoms with Gasteiger partial charge in [0.1, 0.15) is 64.5 Å². The zero-order chi connectivity index (χ0) is 28.9. The number of aromatic hydroxyl groups is 1. The second-order valence-electron chi connectivity index (χ2n) is 9.89. The van der Waals surface area contributed by atoms with Crippen LogP contribution >= 0.6 is 0 Å². The van der Waals surface area contributed by atoms with Crippen LogP contribution in [0, 0.1) is 0 Å². The van der Waals surface area contributed by atoms with Gasteiger partial charge in [-0.3, -0.25) is 4.79 Å². The maximum Gasteiger partial charge on any atom is 0.268 e. The second kappa shape index (κ2) is 10.6. The average Bonchev–Trinajstić information content (AvgIpc) is 2.93. The normalized spacial score (nSPS) is 34.5. The summed E-state index contributed by atoms with van der Waals surface area (Å²) in [6.45, 7) is 0.885. The van der Waals surface area contributed by atoms with Crippen LogP contribution in [0.15, 0.2) is 51.7 Å². The molecule has 0 spiro atoms. The molecule has 3 aromatic rings. The third kappa shape index (κ3) is 4.70. The molecule has 5 rings (SSSR count). The Balaban J connectivity index is 1.61. The van der Waals surface area contributed by atoms with E-state index >= 15 is 0 Å². The summed E-state index contributed by atoms with van der Waals surface area (Å²) in [6, 6.07) is 10.1. The van der Waals surface area contributed by atoms with E-state index in [2.05, 4.69) is 0 Å². The van der Waals surface area contributed by atoms with Gasteiger partial charge in [-0.1, -0.05) is 0 Å². The van der Waals surface area contributed by atoms with E-state index in [1.807, 2.05) is 0 Å². The number of fused-ring (bicyclic) bond motifs is 1. The molecule has 13 heteroatoms. The van der Waals surface area contributed by atoms with Crippen LogP contribution < -0.4 is 14.9 Å². The van der Waals surface area contributed by atoms with Gasteiger partial charge in [0.05, 0.1) is 19.8 Å². The number of phenolic OH excluding ortho intramolecular Hbond substituents is 1. The van der Waals surface area contributed by atoms with Crippen LogP contribution in [-0.4, -0.2) is 104 Å². The Morgan fingerprint density at radius 2 is 1.60 bits per heavy atom. The van der Waals surface area contributed by atoms with Gasteiger partial charge in [-0.25, -0.2) is 0 Å². The van der Waals surface area contributed by atoms with Crippen LogP contribution in [-0.2, 0) is 9.47 Å². The molecule has 2 aromatic carbocycles. The van der Waals surface area contributed by atoms with Crippen LogP contribution in [0.5, 0.6) is 17.2 Å². The minimum absolute atomic E-state index is 0.108. The van der Waals surface area contributed by atoms with Gasteiger partial charge in [0.2, 0.25) is 0 Å². The highest BCUT2D eigenvalue weighted by molar-refractivity contribution is 5.86. The maximum absolute atomic E-state index is 12.9. The average molecular weight is 563 g/mol. The van der Waals surface area contributed by atoms with E-state index in [9.17, 15) is 40.5 Å². The molecule has 2 saturated heterocycles. The molecule has 9 atom stereocenters. The smallest absolute Gasteiger partial charge is 0.268 e. The molecule has 1 aromatic heterocycles. The van der Waals surface area contributed by atoms with Crippen molar-refractivity contribution in [3.63, 3.8) is 0 Å². The lowest BCUT2D eigenvalue weighted by Gasteiger charge is -2.53. The third-order valence-corrected chi connectivity index (χ3v) is 7.27. The van der Waals surface area contributed by atoms with Crippen molar-refractivity contribution in [1.82, 2.24) is 0 Å². The van der Waals surface area contributed by atoms with Crippen molar-refractivity contribution in [2.24, 2.45) is 0 Å². The fraction of sp³-hybridized carbons (Fsp3) is 0.444. The Morgan fingerprint density at radius 3 is 2.27 bits per heavy atom. The Hall–Kier alpha value is -3.27. The van der Waals surface area contributed by atoms with Crippen molar-refractivity contribution < 1.29 is 59.1 Å². The number of ether oxygens (including phenoxy) is 4. The van der Waals surface area contributed by atoms with Gasteiger partial charge in [-0.2, -0.15) is 0 Å². The molecule has 9 unspecified atom stereocenters. The lowest BCUT2D eigenvalue weighted by molar-refractivity contribution is -0.384. The summed E-state index contributed by atoms with van der Waals surface area (Å²) in [5.41, 5.74) is -0.136. The van der Waals surface area contributed by atoms with E-state index in [0.29, 0.717) is 11.3 Å². The molecule has 3 heterocycles. The van der Waals surface area contributed by atoms with Crippen LogP contribution in [0.4, 0.5) is 0 Å².